The van der Waals surface area contributed by atoms with Gasteiger partial charge in [-0.3, -0.25) is 9.59 Å². The van der Waals surface area contributed by atoms with Crippen molar-refractivity contribution >= 4 is 11.9 Å². The number of aliphatic hydroxyl groups excluding tert-OH is 2. The number of ether oxygens (including phenoxy) is 1. The summed E-state index contributed by atoms with van der Waals surface area (Å²) in [7, 11) is 0. The Kier molecular flexibility index (Phi) is 41.6. The van der Waals surface area contributed by atoms with Crippen LogP contribution < -0.4 is 5.32 Å². The van der Waals surface area contributed by atoms with Crippen molar-refractivity contribution in [1.82, 2.24) is 5.32 Å². The van der Waals surface area contributed by atoms with E-state index in [-0.39, 0.29) is 24.9 Å². The first-order chi connectivity index (χ1) is 26.5. The number of esters is 1. The Morgan fingerprint density at radius 2 is 0.907 bits per heavy atom. The number of aliphatic hydroxyl groups is 2. The molecule has 0 spiro atoms. The van der Waals surface area contributed by atoms with Gasteiger partial charge in [-0.1, -0.05) is 213 Å². The topological polar surface area (TPSA) is 95.9 Å². The molecule has 0 saturated carbocycles. The Labute approximate surface area is 336 Å². The molecular weight excluding hydrogens is 671 g/mol. The fourth-order valence-electron chi connectivity index (χ4n) is 7.43. The number of hydrogen-bond donors (Lipinski definition) is 3. The normalized spacial score (nSPS) is 13.4. The van der Waals surface area contributed by atoms with E-state index in [1.54, 1.807) is 0 Å². The van der Waals surface area contributed by atoms with Crippen LogP contribution in [0.1, 0.15) is 258 Å². The SMILES string of the molecule is CCCCCCCC/C=C\CCCC(CC(=O)NC(CO)C(O)CCCCCCCCCCC)OC(=O)CCCCCCCCCCCCCCCCC. The number of carbonyl (C=O) groups is 2. The third-order valence-electron chi connectivity index (χ3n) is 11.1. The van der Waals surface area contributed by atoms with Gasteiger partial charge >= 0.3 is 5.97 Å². The maximum absolute atomic E-state index is 13.1. The number of unbranched alkanes of at least 4 members (excludes halogenated alkanes) is 29. The molecule has 0 saturated heterocycles. The largest absolute Gasteiger partial charge is 0.462 e. The van der Waals surface area contributed by atoms with E-state index >= 15 is 0 Å². The van der Waals surface area contributed by atoms with Crippen molar-refractivity contribution in [3.05, 3.63) is 12.2 Å². The fraction of sp³-hybridized carbons (Fsp3) is 0.917. The van der Waals surface area contributed by atoms with Gasteiger partial charge in [0.15, 0.2) is 0 Å². The zero-order chi connectivity index (χ0) is 39.6. The van der Waals surface area contributed by atoms with Gasteiger partial charge in [0.05, 0.1) is 25.2 Å². The minimum atomic E-state index is -0.786. The summed E-state index contributed by atoms with van der Waals surface area (Å²) in [4.78, 5) is 26.0. The smallest absolute Gasteiger partial charge is 0.306 e. The molecule has 6 heteroatoms. The molecular formula is C48H93NO5. The predicted octanol–water partition coefficient (Wildman–Crippen LogP) is 13.8. The lowest BCUT2D eigenvalue weighted by Gasteiger charge is -2.24. The van der Waals surface area contributed by atoms with Crippen molar-refractivity contribution in [3.8, 4) is 0 Å². The molecule has 6 nitrogen and oxygen atoms in total. The molecule has 0 radical (unpaired) electrons. The Morgan fingerprint density at radius 1 is 0.519 bits per heavy atom. The van der Waals surface area contributed by atoms with Crippen molar-refractivity contribution < 1.29 is 24.5 Å². The van der Waals surface area contributed by atoms with E-state index in [1.807, 2.05) is 0 Å². The average molecular weight is 764 g/mol. The van der Waals surface area contributed by atoms with Crippen LogP contribution >= 0.6 is 0 Å². The van der Waals surface area contributed by atoms with Crippen molar-refractivity contribution in [2.75, 3.05) is 6.61 Å². The molecule has 3 N–H and O–H groups in total. The van der Waals surface area contributed by atoms with Gasteiger partial charge in [-0.25, -0.2) is 0 Å². The van der Waals surface area contributed by atoms with Crippen molar-refractivity contribution in [3.63, 3.8) is 0 Å². The molecule has 0 aliphatic carbocycles. The van der Waals surface area contributed by atoms with Crippen LogP contribution in [0.15, 0.2) is 12.2 Å². The molecule has 54 heavy (non-hydrogen) atoms. The molecule has 0 fully saturated rings. The van der Waals surface area contributed by atoms with Crippen LogP contribution in [0.25, 0.3) is 0 Å². The van der Waals surface area contributed by atoms with Gasteiger partial charge in [0.2, 0.25) is 5.91 Å². The van der Waals surface area contributed by atoms with E-state index in [2.05, 4.69) is 38.2 Å². The van der Waals surface area contributed by atoms with E-state index in [0.29, 0.717) is 19.3 Å². The standard InChI is InChI=1S/C48H93NO5/c1-4-7-10-13-16-19-21-22-23-24-26-29-32-35-38-41-48(53)54-44(39-36-33-30-28-25-20-17-14-11-8-5-2)42-47(52)49-45(43-50)46(51)40-37-34-31-27-18-15-12-9-6-3/h28,30,44-46,50-51H,4-27,29,31-43H2,1-3H3,(H,49,52)/b30-28-. The minimum absolute atomic E-state index is 0.0628. The van der Waals surface area contributed by atoms with Gasteiger partial charge in [0.1, 0.15) is 6.10 Å². The highest BCUT2D eigenvalue weighted by Crippen LogP contribution is 2.17. The Bertz CT molecular complexity index is 817. The summed E-state index contributed by atoms with van der Waals surface area (Å²) >= 11 is 0. The second kappa shape index (κ2) is 42.7. The lowest BCUT2D eigenvalue weighted by molar-refractivity contribution is -0.151. The Balaban J connectivity index is 4.54. The molecule has 320 valence electrons. The second-order valence-electron chi connectivity index (χ2n) is 16.5. The zero-order valence-corrected chi connectivity index (χ0v) is 36.4. The van der Waals surface area contributed by atoms with Crippen LogP contribution in [0, 0.1) is 0 Å². The fourth-order valence-corrected chi connectivity index (χ4v) is 7.43. The Hall–Kier alpha value is -1.40. The monoisotopic (exact) mass is 764 g/mol. The molecule has 3 atom stereocenters. The number of nitrogens with one attached hydrogen (secondary N) is 1. The van der Waals surface area contributed by atoms with Crippen LogP contribution in [0.5, 0.6) is 0 Å². The highest BCUT2D eigenvalue weighted by Gasteiger charge is 2.24. The molecule has 3 unspecified atom stereocenters. The summed E-state index contributed by atoms with van der Waals surface area (Å²) in [6.45, 7) is 6.45. The van der Waals surface area contributed by atoms with Crippen LogP contribution in [-0.2, 0) is 14.3 Å². The number of hydrogen-bond acceptors (Lipinski definition) is 5. The molecule has 0 aromatic heterocycles. The number of rotatable bonds is 43. The summed E-state index contributed by atoms with van der Waals surface area (Å²) < 4.78 is 5.89. The lowest BCUT2D eigenvalue weighted by atomic mass is 10.0. The van der Waals surface area contributed by atoms with Gasteiger partial charge in [0, 0.05) is 6.42 Å². The first-order valence-corrected chi connectivity index (χ1v) is 23.9. The lowest BCUT2D eigenvalue weighted by Crippen LogP contribution is -2.46. The number of amides is 1. The predicted molar refractivity (Wildman–Crippen MR) is 232 cm³/mol. The van der Waals surface area contributed by atoms with E-state index in [4.69, 9.17) is 4.74 Å². The van der Waals surface area contributed by atoms with E-state index in [1.165, 1.54) is 154 Å². The average Bonchev–Trinajstić information content (AvgIpc) is 3.16. The van der Waals surface area contributed by atoms with Gasteiger partial charge in [-0.05, 0) is 44.9 Å². The van der Waals surface area contributed by atoms with Gasteiger partial charge < -0.3 is 20.3 Å². The molecule has 0 aliphatic rings. The van der Waals surface area contributed by atoms with Crippen LogP contribution in [0.2, 0.25) is 0 Å². The van der Waals surface area contributed by atoms with E-state index < -0.39 is 18.2 Å². The number of carbonyl (C=O) groups excluding carboxylic acids is 2. The molecule has 0 aromatic carbocycles. The summed E-state index contributed by atoms with van der Waals surface area (Å²) in [5.41, 5.74) is 0. The Morgan fingerprint density at radius 3 is 1.35 bits per heavy atom. The summed E-state index contributed by atoms with van der Waals surface area (Å²) in [6.07, 6.45) is 45.6. The first-order valence-electron chi connectivity index (χ1n) is 23.9. The second-order valence-corrected chi connectivity index (χ2v) is 16.5. The van der Waals surface area contributed by atoms with Crippen molar-refractivity contribution in [1.29, 1.82) is 0 Å². The molecule has 0 bridgehead atoms. The van der Waals surface area contributed by atoms with Gasteiger partial charge in [-0.2, -0.15) is 0 Å². The maximum atomic E-state index is 13.1. The summed E-state index contributed by atoms with van der Waals surface area (Å²) in [5, 5.41) is 23.6. The first kappa shape index (κ1) is 52.6. The van der Waals surface area contributed by atoms with Crippen LogP contribution in [0.4, 0.5) is 0 Å². The van der Waals surface area contributed by atoms with E-state index in [0.717, 1.165) is 57.8 Å². The molecule has 0 rings (SSSR count). The quantitative estimate of drug-likeness (QED) is 0.0326. The number of allylic oxidation sites excluding steroid dienone is 2. The summed E-state index contributed by atoms with van der Waals surface area (Å²) in [6, 6.07) is -0.701. The van der Waals surface area contributed by atoms with Crippen LogP contribution in [-0.4, -0.2) is 46.9 Å². The highest BCUT2D eigenvalue weighted by atomic mass is 16.5. The zero-order valence-electron chi connectivity index (χ0n) is 36.4. The third kappa shape index (κ3) is 37.5. The van der Waals surface area contributed by atoms with Gasteiger partial charge in [0.25, 0.3) is 0 Å². The summed E-state index contributed by atoms with van der Waals surface area (Å²) in [5.74, 6) is -0.492. The van der Waals surface area contributed by atoms with Crippen LogP contribution in [0.3, 0.4) is 0 Å². The molecule has 0 heterocycles. The molecule has 0 aromatic rings. The van der Waals surface area contributed by atoms with Gasteiger partial charge in [-0.15, -0.1) is 0 Å². The van der Waals surface area contributed by atoms with E-state index in [9.17, 15) is 19.8 Å². The third-order valence-corrected chi connectivity index (χ3v) is 11.1. The minimum Gasteiger partial charge on any atom is -0.462 e. The molecule has 0 aliphatic heterocycles. The highest BCUT2D eigenvalue weighted by molar-refractivity contribution is 5.77. The van der Waals surface area contributed by atoms with Crippen molar-refractivity contribution in [2.45, 2.75) is 277 Å². The van der Waals surface area contributed by atoms with Crippen molar-refractivity contribution in [2.24, 2.45) is 0 Å². The maximum Gasteiger partial charge on any atom is 0.306 e. The molecule has 1 amide bonds.